The van der Waals surface area contributed by atoms with Crippen LogP contribution in [0.2, 0.25) is 0 Å². The van der Waals surface area contributed by atoms with Crippen LogP contribution in [0.25, 0.3) is 0 Å². The summed E-state index contributed by atoms with van der Waals surface area (Å²) in [4.78, 5) is 3.87. The maximum atomic E-state index is 12.2. The lowest BCUT2D eigenvalue weighted by atomic mass is 10.3. The van der Waals surface area contributed by atoms with Crippen LogP contribution in [-0.4, -0.2) is 16.0 Å². The summed E-state index contributed by atoms with van der Waals surface area (Å²) in [6.45, 7) is 0. The zero-order valence-corrected chi connectivity index (χ0v) is 6.75. The number of dihydropyridines is 1. The summed E-state index contributed by atoms with van der Waals surface area (Å²) in [6.07, 6.45) is 2.48. The molecule has 1 aliphatic rings. The molecule has 0 N–H and O–H groups in total. The monoisotopic (exact) mass is 207 g/mol. The van der Waals surface area contributed by atoms with Gasteiger partial charge >= 0.3 is 0 Å². The molecule has 9 heavy (non-hydrogen) atoms. The molecule has 4 heteroatoms. The van der Waals surface area contributed by atoms with Crippen molar-refractivity contribution in [2.24, 2.45) is 4.99 Å². The van der Waals surface area contributed by atoms with Crippen molar-refractivity contribution >= 4 is 39.4 Å². The molecule has 48 valence electrons. The van der Waals surface area contributed by atoms with Crippen LogP contribution in [-0.2, 0) is 0 Å². The lowest BCUT2D eigenvalue weighted by Crippen LogP contribution is -2.10. The second-order valence-corrected chi connectivity index (χ2v) is 2.95. The van der Waals surface area contributed by atoms with Crippen molar-refractivity contribution in [3.63, 3.8) is 0 Å². The van der Waals surface area contributed by atoms with Crippen molar-refractivity contribution in [1.82, 2.24) is 0 Å². The van der Waals surface area contributed by atoms with Crippen LogP contribution < -0.4 is 0 Å². The van der Waals surface area contributed by atoms with Gasteiger partial charge in [0.2, 0.25) is 0 Å². The van der Waals surface area contributed by atoms with Crippen molar-refractivity contribution in [2.45, 2.75) is 4.83 Å². The van der Waals surface area contributed by atoms with Crippen LogP contribution in [0.3, 0.4) is 0 Å². The number of aliphatic imine (C=N–C) groups is 1. The molecule has 0 aromatic carbocycles. The number of halogens is 2. The molecule has 1 atom stereocenters. The van der Waals surface area contributed by atoms with E-state index in [9.17, 15) is 4.39 Å². The van der Waals surface area contributed by atoms with Gasteiger partial charge in [-0.1, -0.05) is 28.1 Å². The van der Waals surface area contributed by atoms with Crippen LogP contribution >= 0.6 is 28.1 Å². The Bertz CT molecular complexity index is 199. The highest BCUT2D eigenvalue weighted by molar-refractivity contribution is 9.10. The average molecular weight is 208 g/mol. The van der Waals surface area contributed by atoms with E-state index in [0.29, 0.717) is 4.99 Å². The number of allylic oxidation sites excluding steroid dienone is 1. The van der Waals surface area contributed by atoms with Crippen molar-refractivity contribution in [1.29, 1.82) is 0 Å². The summed E-state index contributed by atoms with van der Waals surface area (Å²) in [5.74, 6) is -0.342. The quantitative estimate of drug-likeness (QED) is 0.438. The lowest BCUT2D eigenvalue weighted by molar-refractivity contribution is 0.682. The van der Waals surface area contributed by atoms with Gasteiger partial charge in [-0.15, -0.1) is 0 Å². The van der Waals surface area contributed by atoms with E-state index < -0.39 is 0 Å². The summed E-state index contributed by atoms with van der Waals surface area (Å²) in [5.41, 5.74) is 0. The average Bonchev–Trinajstić information content (AvgIpc) is 1.80. The Morgan fingerprint density at radius 3 is 2.89 bits per heavy atom. The molecule has 1 rings (SSSR count). The molecule has 0 radical (unpaired) electrons. The van der Waals surface area contributed by atoms with Crippen LogP contribution in [0.4, 0.5) is 4.39 Å². The van der Waals surface area contributed by atoms with E-state index in [1.54, 1.807) is 0 Å². The van der Waals surface area contributed by atoms with Gasteiger partial charge in [-0.25, -0.2) is 9.38 Å². The van der Waals surface area contributed by atoms with E-state index in [4.69, 9.17) is 12.2 Å². The maximum Gasteiger partial charge on any atom is 0.139 e. The van der Waals surface area contributed by atoms with Crippen molar-refractivity contribution in [2.75, 3.05) is 0 Å². The third-order valence-electron chi connectivity index (χ3n) is 0.857. The fourth-order valence-electron chi connectivity index (χ4n) is 0.451. The number of nitrogens with zero attached hydrogens (tertiary/aromatic N) is 1. The van der Waals surface area contributed by atoms with E-state index in [1.165, 1.54) is 6.08 Å². The first kappa shape index (κ1) is 7.02. The molecule has 1 aliphatic heterocycles. The van der Waals surface area contributed by atoms with E-state index >= 15 is 0 Å². The molecule has 1 heterocycles. The van der Waals surface area contributed by atoms with Gasteiger partial charge in [-0.05, 0) is 6.08 Å². The molecule has 0 aliphatic carbocycles. The fraction of sp³-hybridized carbons (Fsp3) is 0.200. The minimum Gasteiger partial charge on any atom is -0.245 e. The number of hydrogen-bond acceptors (Lipinski definition) is 1. The second-order valence-electron chi connectivity index (χ2n) is 1.55. The molecule has 1 nitrogen and oxygen atoms in total. The number of rotatable bonds is 0. The molecule has 0 aromatic rings. The summed E-state index contributed by atoms with van der Waals surface area (Å²) < 4.78 is 12.2. The van der Waals surface area contributed by atoms with E-state index in [-0.39, 0.29) is 10.7 Å². The Morgan fingerprint density at radius 1 is 1.78 bits per heavy atom. The molecule has 1 unspecified atom stereocenters. The van der Waals surface area contributed by atoms with Crippen LogP contribution in [0.5, 0.6) is 0 Å². The van der Waals surface area contributed by atoms with E-state index in [1.807, 2.05) is 0 Å². The zero-order valence-electron chi connectivity index (χ0n) is 4.34. The topological polar surface area (TPSA) is 12.4 Å². The van der Waals surface area contributed by atoms with Crippen molar-refractivity contribution in [3.05, 3.63) is 11.9 Å². The zero-order chi connectivity index (χ0) is 6.85. The van der Waals surface area contributed by atoms with Gasteiger partial charge in [0.25, 0.3) is 0 Å². The first-order valence-corrected chi connectivity index (χ1v) is 3.62. The van der Waals surface area contributed by atoms with Crippen molar-refractivity contribution in [3.8, 4) is 0 Å². The predicted octanol–water partition coefficient (Wildman–Crippen LogP) is 2.02. The van der Waals surface area contributed by atoms with Gasteiger partial charge in [0.1, 0.15) is 10.8 Å². The Labute approximate surface area is 65.8 Å². The van der Waals surface area contributed by atoms with Gasteiger partial charge < -0.3 is 0 Å². The third kappa shape index (κ3) is 1.66. The van der Waals surface area contributed by atoms with Gasteiger partial charge in [0.05, 0.1) is 11.0 Å². The number of thiocarbonyl (C=S) groups is 1. The Kier molecular flexibility index (Phi) is 2.08. The molecule has 0 spiro atoms. The SMILES string of the molecule is FC1=CC(Br)C(=S)N=C1. The molecule has 0 saturated heterocycles. The van der Waals surface area contributed by atoms with E-state index in [2.05, 4.69) is 20.9 Å². The summed E-state index contributed by atoms with van der Waals surface area (Å²) in [5, 5.41) is 0. The second kappa shape index (κ2) is 2.66. The van der Waals surface area contributed by atoms with Gasteiger partial charge in [0, 0.05) is 0 Å². The molecule has 0 amide bonds. The molecular weight excluding hydrogens is 205 g/mol. The summed E-state index contributed by atoms with van der Waals surface area (Å²) in [6, 6.07) is 0. The van der Waals surface area contributed by atoms with Crippen LogP contribution in [0.1, 0.15) is 0 Å². The summed E-state index contributed by atoms with van der Waals surface area (Å²) >= 11 is 7.85. The summed E-state index contributed by atoms with van der Waals surface area (Å²) in [7, 11) is 0. The smallest absolute Gasteiger partial charge is 0.139 e. The van der Waals surface area contributed by atoms with Crippen LogP contribution in [0, 0.1) is 0 Å². The first-order valence-electron chi connectivity index (χ1n) is 2.29. The largest absolute Gasteiger partial charge is 0.245 e. The highest BCUT2D eigenvalue weighted by Crippen LogP contribution is 2.13. The lowest BCUT2D eigenvalue weighted by Gasteiger charge is -2.04. The number of alkyl halides is 1. The maximum absolute atomic E-state index is 12.2. The van der Waals surface area contributed by atoms with Gasteiger partial charge in [-0.3, -0.25) is 0 Å². The minimum absolute atomic E-state index is 0.211. The highest BCUT2D eigenvalue weighted by atomic mass is 79.9. The molecule has 0 saturated carbocycles. The molecule has 0 fully saturated rings. The van der Waals surface area contributed by atoms with Gasteiger partial charge in [0.15, 0.2) is 0 Å². The fourth-order valence-corrected chi connectivity index (χ4v) is 0.942. The molecule has 0 aromatic heterocycles. The highest BCUT2D eigenvalue weighted by Gasteiger charge is 2.10. The van der Waals surface area contributed by atoms with Gasteiger partial charge in [-0.2, -0.15) is 0 Å². The third-order valence-corrected chi connectivity index (χ3v) is 2.22. The minimum atomic E-state index is -0.342. The first-order chi connectivity index (χ1) is 4.20. The van der Waals surface area contributed by atoms with Crippen LogP contribution in [0.15, 0.2) is 16.9 Å². The Balaban J connectivity index is 2.82. The predicted molar refractivity (Wildman–Crippen MR) is 43.0 cm³/mol. The normalized spacial score (nSPS) is 26.2. The van der Waals surface area contributed by atoms with Crippen molar-refractivity contribution < 1.29 is 4.39 Å². The number of hydrogen-bond donors (Lipinski definition) is 0. The Morgan fingerprint density at radius 2 is 2.44 bits per heavy atom. The Hall–Kier alpha value is -0.0900. The molecule has 0 bridgehead atoms. The standard InChI is InChI=1S/C5H3BrFNS/c6-4-1-3(7)2-8-5(4)9/h1-2,4H. The molecular formula is C5H3BrFNS. The van der Waals surface area contributed by atoms with E-state index in [0.717, 1.165) is 6.21 Å².